The maximum absolute atomic E-state index is 6.62. The molecule has 0 radical (unpaired) electrons. The molecule has 4 aliphatic heterocycles. The lowest BCUT2D eigenvalue weighted by Gasteiger charge is -2.54. The molecule has 1 aromatic heterocycles. The molecule has 0 aliphatic carbocycles. The number of fused-ring (bicyclic) bond motifs is 3. The molecule has 4 aliphatic rings. The number of quaternary nitrogens is 1. The molecule has 4 nitrogen and oxygen atoms in total. The molecule has 6 rings (SSSR count). The molecule has 0 saturated carbocycles. The van der Waals surface area contributed by atoms with Gasteiger partial charge in [-0.1, -0.05) is 18.2 Å². The van der Waals surface area contributed by atoms with Crippen LogP contribution in [0.15, 0.2) is 35.5 Å². The Morgan fingerprint density at radius 3 is 2.83 bits per heavy atom. The number of aromatic nitrogens is 1. The number of benzene rings is 1. The van der Waals surface area contributed by atoms with Crippen molar-refractivity contribution in [3.05, 3.63) is 36.0 Å². The van der Waals surface area contributed by atoms with Gasteiger partial charge in [-0.2, -0.15) is 0 Å². The van der Waals surface area contributed by atoms with E-state index in [2.05, 4.69) is 49.1 Å². The van der Waals surface area contributed by atoms with Gasteiger partial charge in [-0.15, -0.1) is 0 Å². The number of para-hydroxylation sites is 1. The maximum Gasteiger partial charge on any atom is 0.219 e. The summed E-state index contributed by atoms with van der Waals surface area (Å²) in [6.45, 7) is 4.57. The Kier molecular flexibility index (Phi) is 2.59. The van der Waals surface area contributed by atoms with E-state index in [4.69, 9.17) is 9.73 Å². The lowest BCUT2D eigenvalue weighted by Crippen LogP contribution is -2.68. The highest BCUT2D eigenvalue weighted by molar-refractivity contribution is 6.07. The molecule has 5 heterocycles. The van der Waals surface area contributed by atoms with E-state index in [-0.39, 0.29) is 5.60 Å². The number of aryl methyl sites for hydroxylation is 1. The fourth-order valence-corrected chi connectivity index (χ4v) is 5.06. The number of piperidine rings is 3. The molecule has 0 unspecified atom stereocenters. The molecule has 23 heavy (non-hydrogen) atoms. The number of likely N-dealkylation sites (N-methyl/N-ethyl adjacent to an activating group) is 1. The number of aliphatic imine (C=N–C) groups is 1. The second-order valence-electron chi connectivity index (χ2n) is 7.96. The summed E-state index contributed by atoms with van der Waals surface area (Å²) in [4.78, 5) is 4.87. The Balaban J connectivity index is 1.52. The van der Waals surface area contributed by atoms with Gasteiger partial charge < -0.3 is 13.8 Å². The molecule has 1 aromatic carbocycles. The SMILES string of the molecule is Cn1cc(C2=NC[C@]3(C[N+]4(C)CCC3CC4)O2)c2ccccc21. The van der Waals surface area contributed by atoms with Gasteiger partial charge in [0, 0.05) is 42.9 Å². The monoisotopic (exact) mass is 310 g/mol. The average molecular weight is 310 g/mol. The van der Waals surface area contributed by atoms with Crippen LogP contribution in [0.2, 0.25) is 0 Å². The van der Waals surface area contributed by atoms with Gasteiger partial charge in [0.15, 0.2) is 5.60 Å². The summed E-state index contributed by atoms with van der Waals surface area (Å²) in [5, 5.41) is 1.24. The van der Waals surface area contributed by atoms with Crippen molar-refractivity contribution in [3.8, 4) is 0 Å². The molecule has 4 heteroatoms. The molecule has 0 N–H and O–H groups in total. The molecule has 3 saturated heterocycles. The van der Waals surface area contributed by atoms with Crippen molar-refractivity contribution in [1.82, 2.24) is 4.57 Å². The van der Waals surface area contributed by atoms with Crippen LogP contribution in [0.25, 0.3) is 10.9 Å². The fourth-order valence-electron chi connectivity index (χ4n) is 5.06. The van der Waals surface area contributed by atoms with Crippen LogP contribution in [-0.2, 0) is 11.8 Å². The van der Waals surface area contributed by atoms with Crippen LogP contribution in [0.5, 0.6) is 0 Å². The van der Waals surface area contributed by atoms with Crippen LogP contribution < -0.4 is 0 Å². The van der Waals surface area contributed by atoms with Crippen LogP contribution in [-0.4, -0.2) is 53.8 Å². The molecule has 120 valence electrons. The minimum Gasteiger partial charge on any atom is -0.462 e. The summed E-state index contributed by atoms with van der Waals surface area (Å²) in [6.07, 6.45) is 4.74. The van der Waals surface area contributed by atoms with E-state index in [0.717, 1.165) is 29.0 Å². The molecule has 1 spiro atoms. The van der Waals surface area contributed by atoms with Crippen LogP contribution in [0.3, 0.4) is 0 Å². The quantitative estimate of drug-likeness (QED) is 0.744. The maximum atomic E-state index is 6.62. The highest BCUT2D eigenvalue weighted by Crippen LogP contribution is 2.44. The number of rotatable bonds is 1. The zero-order chi connectivity index (χ0) is 15.7. The molecular formula is C19H24N3O+. The predicted octanol–water partition coefficient (Wildman–Crippen LogP) is 2.56. The zero-order valence-electron chi connectivity index (χ0n) is 14.0. The van der Waals surface area contributed by atoms with Crippen LogP contribution in [0.1, 0.15) is 18.4 Å². The summed E-state index contributed by atoms with van der Waals surface area (Å²) in [5.74, 6) is 1.54. The second-order valence-corrected chi connectivity index (χ2v) is 7.96. The van der Waals surface area contributed by atoms with E-state index in [9.17, 15) is 0 Å². The van der Waals surface area contributed by atoms with E-state index in [0.29, 0.717) is 5.92 Å². The summed E-state index contributed by atoms with van der Waals surface area (Å²) >= 11 is 0. The number of nitrogens with zero attached hydrogens (tertiary/aromatic N) is 3. The first-order valence-corrected chi connectivity index (χ1v) is 8.70. The third-order valence-corrected chi connectivity index (χ3v) is 6.35. The molecule has 0 amide bonds. The third-order valence-electron chi connectivity index (χ3n) is 6.35. The zero-order valence-corrected chi connectivity index (χ0v) is 14.0. The Morgan fingerprint density at radius 1 is 1.26 bits per heavy atom. The number of hydrogen-bond acceptors (Lipinski definition) is 2. The van der Waals surface area contributed by atoms with Crippen molar-refractivity contribution in [2.45, 2.75) is 18.4 Å². The van der Waals surface area contributed by atoms with Crippen molar-refractivity contribution in [2.75, 3.05) is 33.2 Å². The van der Waals surface area contributed by atoms with E-state index < -0.39 is 0 Å². The average Bonchev–Trinajstić information content (AvgIpc) is 3.10. The first-order valence-electron chi connectivity index (χ1n) is 8.70. The van der Waals surface area contributed by atoms with Gasteiger partial charge in [-0.3, -0.25) is 0 Å². The predicted molar refractivity (Wildman–Crippen MR) is 91.6 cm³/mol. The van der Waals surface area contributed by atoms with E-state index in [1.165, 1.54) is 36.8 Å². The highest BCUT2D eigenvalue weighted by Gasteiger charge is 2.57. The van der Waals surface area contributed by atoms with E-state index in [1.54, 1.807) is 0 Å². The summed E-state index contributed by atoms with van der Waals surface area (Å²) in [5.41, 5.74) is 2.35. The third kappa shape index (κ3) is 1.84. The number of ether oxygens (including phenoxy) is 1. The summed E-state index contributed by atoms with van der Waals surface area (Å²) in [7, 11) is 4.48. The van der Waals surface area contributed by atoms with Gasteiger partial charge >= 0.3 is 0 Å². The fraction of sp³-hybridized carbons (Fsp3) is 0.526. The van der Waals surface area contributed by atoms with Crippen LogP contribution >= 0.6 is 0 Å². The minimum absolute atomic E-state index is 0.0441. The normalized spacial score (nSPS) is 35.7. The van der Waals surface area contributed by atoms with Crippen LogP contribution in [0, 0.1) is 5.92 Å². The minimum atomic E-state index is -0.0441. The molecule has 3 fully saturated rings. The Morgan fingerprint density at radius 2 is 2.04 bits per heavy atom. The van der Waals surface area contributed by atoms with Crippen molar-refractivity contribution in [3.63, 3.8) is 0 Å². The Labute approximate surface area is 137 Å². The van der Waals surface area contributed by atoms with Gasteiger partial charge in [-0.25, -0.2) is 4.99 Å². The first-order chi connectivity index (χ1) is 11.1. The van der Waals surface area contributed by atoms with E-state index >= 15 is 0 Å². The molecule has 2 aromatic rings. The molecule has 1 atom stereocenters. The van der Waals surface area contributed by atoms with Crippen molar-refractivity contribution < 1.29 is 9.22 Å². The van der Waals surface area contributed by atoms with Gasteiger partial charge in [-0.05, 0) is 6.07 Å². The number of hydrogen-bond donors (Lipinski definition) is 0. The molecular weight excluding hydrogens is 286 g/mol. The van der Waals surface area contributed by atoms with Crippen molar-refractivity contribution in [2.24, 2.45) is 18.0 Å². The second kappa shape index (κ2) is 4.38. The summed E-state index contributed by atoms with van der Waals surface area (Å²) in [6, 6.07) is 8.51. The van der Waals surface area contributed by atoms with E-state index in [1.807, 2.05) is 0 Å². The highest BCUT2D eigenvalue weighted by atomic mass is 16.5. The topological polar surface area (TPSA) is 26.5 Å². The first kappa shape index (κ1) is 13.6. The van der Waals surface area contributed by atoms with Gasteiger partial charge in [0.25, 0.3) is 0 Å². The lowest BCUT2D eigenvalue weighted by molar-refractivity contribution is -0.932. The van der Waals surface area contributed by atoms with Crippen molar-refractivity contribution >= 4 is 16.8 Å². The molecule has 2 bridgehead atoms. The standard InChI is InChI=1S/C19H24N3O/c1-21-11-16(15-5-3-4-6-17(15)21)18-20-12-19(23-18)13-22(2)9-7-14(19)8-10-22/h3-6,11,14H,7-10,12-13H2,1-2H3/q+1/t14?,19-,22?/m1/s1. The Bertz CT molecular complexity index is 813. The van der Waals surface area contributed by atoms with Gasteiger partial charge in [0.05, 0.1) is 32.2 Å². The van der Waals surface area contributed by atoms with Crippen LogP contribution in [0.4, 0.5) is 0 Å². The summed E-state index contributed by atoms with van der Waals surface area (Å²) < 4.78 is 9.95. The largest absolute Gasteiger partial charge is 0.462 e. The van der Waals surface area contributed by atoms with Gasteiger partial charge in [0.2, 0.25) is 5.90 Å². The van der Waals surface area contributed by atoms with Gasteiger partial charge in [0.1, 0.15) is 6.54 Å². The van der Waals surface area contributed by atoms with Crippen molar-refractivity contribution in [1.29, 1.82) is 0 Å². The lowest BCUT2D eigenvalue weighted by atomic mass is 9.74. The smallest absolute Gasteiger partial charge is 0.219 e. The Hall–Kier alpha value is -1.81.